The fourth-order valence-corrected chi connectivity index (χ4v) is 4.14. The fourth-order valence-electron chi connectivity index (χ4n) is 3.74. The van der Waals surface area contributed by atoms with Crippen molar-refractivity contribution in [3.8, 4) is 5.75 Å². The summed E-state index contributed by atoms with van der Waals surface area (Å²) in [7, 11) is 0. The molecule has 3 aromatic rings. The number of amides is 2. The van der Waals surface area contributed by atoms with Gasteiger partial charge in [0.25, 0.3) is 5.91 Å². The average Bonchev–Trinajstić information content (AvgIpc) is 2.94. The number of hydrogen-bond acceptors (Lipinski definition) is 3. The first-order valence-corrected chi connectivity index (χ1v) is 11.9. The molecule has 0 atom stereocenters. The van der Waals surface area contributed by atoms with Crippen molar-refractivity contribution in [1.82, 2.24) is 0 Å². The van der Waals surface area contributed by atoms with Crippen molar-refractivity contribution in [3.63, 3.8) is 0 Å². The number of carbonyl (C=O) groups is 2. The largest absolute Gasteiger partial charge is 0.494 e. The first-order valence-electron chi connectivity index (χ1n) is 10.8. The maximum absolute atomic E-state index is 13.5. The van der Waals surface area contributed by atoms with E-state index in [1.807, 2.05) is 54.6 Å². The third-order valence-corrected chi connectivity index (χ3v) is 5.92. The molecule has 164 valence electrons. The van der Waals surface area contributed by atoms with Crippen LogP contribution in [0.3, 0.4) is 0 Å². The number of benzene rings is 3. The molecular formula is C26H25BrN2O3. The highest BCUT2D eigenvalue weighted by Gasteiger charge is 2.28. The Kier molecular flexibility index (Phi) is 7.22. The molecule has 0 saturated carbocycles. The number of fused-ring (bicyclic) bond motifs is 2. The molecule has 0 spiro atoms. The van der Waals surface area contributed by atoms with E-state index >= 15 is 0 Å². The normalized spacial score (nSPS) is 12.4. The molecule has 32 heavy (non-hydrogen) atoms. The van der Waals surface area contributed by atoms with Crippen LogP contribution in [0.2, 0.25) is 0 Å². The van der Waals surface area contributed by atoms with E-state index in [-0.39, 0.29) is 18.2 Å². The second-order valence-corrected chi connectivity index (χ2v) is 8.43. The minimum Gasteiger partial charge on any atom is -0.494 e. The van der Waals surface area contributed by atoms with E-state index < -0.39 is 0 Å². The van der Waals surface area contributed by atoms with Gasteiger partial charge in [-0.2, -0.15) is 0 Å². The van der Waals surface area contributed by atoms with Crippen LogP contribution in [0, 0.1) is 0 Å². The van der Waals surface area contributed by atoms with E-state index in [0.29, 0.717) is 29.2 Å². The first kappa shape index (κ1) is 22.1. The Hall–Kier alpha value is -3.12. The summed E-state index contributed by atoms with van der Waals surface area (Å²) in [5, 5.41) is 3.93. The summed E-state index contributed by atoms with van der Waals surface area (Å²) < 4.78 is 5.79. The molecule has 5 nitrogen and oxygen atoms in total. The van der Waals surface area contributed by atoms with Gasteiger partial charge in [0.15, 0.2) is 0 Å². The van der Waals surface area contributed by atoms with Crippen molar-refractivity contribution in [2.24, 2.45) is 0 Å². The standard InChI is InChI=1S/C26H25BrN2O3/c27-16-6-1-7-17-32-20-14-12-19(13-15-20)18-25(30)29-23-10-4-2-8-21(23)26(31)28-22-9-3-5-11-24(22)29/h2-5,8-15H,1,6-7,16-18H2,(H,28,31). The van der Waals surface area contributed by atoms with Crippen LogP contribution in [0.1, 0.15) is 35.2 Å². The lowest BCUT2D eigenvalue weighted by molar-refractivity contribution is -0.117. The van der Waals surface area contributed by atoms with Crippen molar-refractivity contribution >= 4 is 44.8 Å². The van der Waals surface area contributed by atoms with Gasteiger partial charge in [-0.1, -0.05) is 52.3 Å². The first-order chi connectivity index (χ1) is 15.7. The van der Waals surface area contributed by atoms with Gasteiger partial charge in [-0.3, -0.25) is 14.5 Å². The van der Waals surface area contributed by atoms with E-state index in [1.54, 1.807) is 23.1 Å². The monoisotopic (exact) mass is 492 g/mol. The number of unbranched alkanes of at least 4 members (excludes halogenated alkanes) is 2. The zero-order valence-corrected chi connectivity index (χ0v) is 19.3. The fraction of sp³-hybridized carbons (Fsp3) is 0.231. The molecule has 1 heterocycles. The quantitative estimate of drug-likeness (QED) is 0.305. The number of alkyl halides is 1. The number of nitrogens with zero attached hydrogens (tertiary/aromatic N) is 1. The molecule has 3 aromatic carbocycles. The van der Waals surface area contributed by atoms with E-state index in [4.69, 9.17) is 4.74 Å². The molecule has 0 aromatic heterocycles. The third kappa shape index (κ3) is 5.02. The molecule has 2 amide bonds. The number of para-hydroxylation sites is 3. The van der Waals surface area contributed by atoms with Gasteiger partial charge in [0.2, 0.25) is 5.91 Å². The highest BCUT2D eigenvalue weighted by atomic mass is 79.9. The highest BCUT2D eigenvalue weighted by Crippen LogP contribution is 2.38. The van der Waals surface area contributed by atoms with Gasteiger partial charge >= 0.3 is 0 Å². The summed E-state index contributed by atoms with van der Waals surface area (Å²) >= 11 is 3.44. The molecule has 0 radical (unpaired) electrons. The minimum atomic E-state index is -0.221. The Labute approximate surface area is 196 Å². The van der Waals surface area contributed by atoms with Crippen LogP contribution in [0.15, 0.2) is 72.8 Å². The van der Waals surface area contributed by atoms with Gasteiger partial charge in [0, 0.05) is 5.33 Å². The van der Waals surface area contributed by atoms with Gasteiger partial charge in [0.1, 0.15) is 5.75 Å². The summed E-state index contributed by atoms with van der Waals surface area (Å²) in [4.78, 5) is 27.8. The molecule has 0 saturated heterocycles. The smallest absolute Gasteiger partial charge is 0.257 e. The van der Waals surface area contributed by atoms with Crippen LogP contribution in [-0.2, 0) is 11.2 Å². The molecule has 1 N–H and O–H groups in total. The number of hydrogen-bond donors (Lipinski definition) is 1. The minimum absolute atomic E-state index is 0.107. The number of nitrogens with one attached hydrogen (secondary N) is 1. The van der Waals surface area contributed by atoms with E-state index in [2.05, 4.69) is 21.2 Å². The zero-order chi connectivity index (χ0) is 22.3. The number of halogens is 1. The zero-order valence-electron chi connectivity index (χ0n) is 17.7. The van der Waals surface area contributed by atoms with Crippen LogP contribution in [0.25, 0.3) is 0 Å². The van der Waals surface area contributed by atoms with Crippen LogP contribution in [0.5, 0.6) is 5.75 Å². The number of carbonyl (C=O) groups excluding carboxylic acids is 2. The Morgan fingerprint density at radius 3 is 2.38 bits per heavy atom. The maximum Gasteiger partial charge on any atom is 0.257 e. The average molecular weight is 493 g/mol. The second-order valence-electron chi connectivity index (χ2n) is 7.64. The number of ether oxygens (including phenoxy) is 1. The van der Waals surface area contributed by atoms with Crippen molar-refractivity contribution in [2.75, 3.05) is 22.2 Å². The molecule has 4 rings (SSSR count). The van der Waals surface area contributed by atoms with Gasteiger partial charge in [-0.15, -0.1) is 0 Å². The van der Waals surface area contributed by atoms with Crippen LogP contribution in [-0.4, -0.2) is 23.8 Å². The molecule has 0 bridgehead atoms. The Morgan fingerprint density at radius 1 is 0.875 bits per heavy atom. The van der Waals surface area contributed by atoms with Gasteiger partial charge in [-0.25, -0.2) is 0 Å². The van der Waals surface area contributed by atoms with E-state index in [9.17, 15) is 9.59 Å². The van der Waals surface area contributed by atoms with Crippen molar-refractivity contribution < 1.29 is 14.3 Å². The predicted octanol–water partition coefficient (Wildman–Crippen LogP) is 6.10. The summed E-state index contributed by atoms with van der Waals surface area (Å²) in [6, 6.07) is 22.2. The molecular weight excluding hydrogens is 468 g/mol. The summed E-state index contributed by atoms with van der Waals surface area (Å²) in [6.45, 7) is 0.688. The molecule has 0 aliphatic carbocycles. The summed E-state index contributed by atoms with van der Waals surface area (Å²) in [6.07, 6.45) is 3.51. The van der Waals surface area contributed by atoms with Crippen molar-refractivity contribution in [1.29, 1.82) is 0 Å². The van der Waals surface area contributed by atoms with E-state index in [0.717, 1.165) is 35.9 Å². The summed E-state index contributed by atoms with van der Waals surface area (Å²) in [5.41, 5.74) is 3.23. The lowest BCUT2D eigenvalue weighted by Crippen LogP contribution is -2.28. The molecule has 6 heteroatoms. The molecule has 1 aliphatic heterocycles. The van der Waals surface area contributed by atoms with Gasteiger partial charge in [0.05, 0.1) is 35.7 Å². The highest BCUT2D eigenvalue weighted by molar-refractivity contribution is 9.09. The number of rotatable bonds is 8. The SMILES string of the molecule is O=C1Nc2ccccc2N(C(=O)Cc2ccc(OCCCCCBr)cc2)c2ccccc21. The van der Waals surface area contributed by atoms with Crippen molar-refractivity contribution in [3.05, 3.63) is 83.9 Å². The topological polar surface area (TPSA) is 58.6 Å². The Balaban J connectivity index is 1.52. The van der Waals surface area contributed by atoms with Crippen LogP contribution < -0.4 is 15.0 Å². The van der Waals surface area contributed by atoms with Crippen LogP contribution >= 0.6 is 15.9 Å². The summed E-state index contributed by atoms with van der Waals surface area (Å²) in [5.74, 6) is 0.478. The van der Waals surface area contributed by atoms with Crippen LogP contribution in [0.4, 0.5) is 17.1 Å². The number of anilines is 3. The lowest BCUT2D eigenvalue weighted by atomic mass is 10.1. The second kappa shape index (κ2) is 10.5. The Morgan fingerprint density at radius 2 is 1.59 bits per heavy atom. The molecule has 1 aliphatic rings. The Bertz CT molecular complexity index is 1100. The molecule has 0 fully saturated rings. The van der Waals surface area contributed by atoms with Crippen molar-refractivity contribution in [2.45, 2.75) is 25.7 Å². The predicted molar refractivity (Wildman–Crippen MR) is 131 cm³/mol. The maximum atomic E-state index is 13.5. The van der Waals surface area contributed by atoms with Gasteiger partial charge < -0.3 is 10.1 Å². The van der Waals surface area contributed by atoms with Gasteiger partial charge in [-0.05, 0) is 61.2 Å². The van der Waals surface area contributed by atoms with E-state index in [1.165, 1.54) is 0 Å². The lowest BCUT2D eigenvalue weighted by Gasteiger charge is -2.24. The third-order valence-electron chi connectivity index (χ3n) is 5.36. The molecule has 0 unspecified atom stereocenters.